The van der Waals surface area contributed by atoms with Crippen LogP contribution in [0.15, 0.2) is 71.6 Å². The highest BCUT2D eigenvalue weighted by molar-refractivity contribution is 7.92. The second kappa shape index (κ2) is 9.00. The minimum Gasteiger partial charge on any atom is -0.495 e. The Morgan fingerprint density at radius 3 is 2.53 bits per heavy atom. The van der Waals surface area contributed by atoms with Crippen molar-refractivity contribution in [2.45, 2.75) is 23.3 Å². The van der Waals surface area contributed by atoms with Crippen molar-refractivity contribution in [2.24, 2.45) is 5.92 Å². The number of rotatable bonds is 5. The number of benzene rings is 3. The number of ether oxygens (including phenoxy) is 1. The first-order valence-corrected chi connectivity index (χ1v) is 13.3. The van der Waals surface area contributed by atoms with Crippen molar-refractivity contribution < 1.29 is 13.2 Å². The van der Waals surface area contributed by atoms with Gasteiger partial charge in [0.25, 0.3) is 10.0 Å². The van der Waals surface area contributed by atoms with Gasteiger partial charge in [-0.15, -0.1) is 0 Å². The molecule has 0 amide bonds. The van der Waals surface area contributed by atoms with E-state index >= 15 is 0 Å². The molecule has 1 aliphatic carbocycles. The molecule has 5 rings (SSSR count). The molecule has 0 fully saturated rings. The summed E-state index contributed by atoms with van der Waals surface area (Å²) in [6.07, 6.45) is 5.09. The maximum atomic E-state index is 13.3. The molecule has 34 heavy (non-hydrogen) atoms. The van der Waals surface area contributed by atoms with Gasteiger partial charge in [0.2, 0.25) is 0 Å². The lowest BCUT2D eigenvalue weighted by atomic mass is 9.77. The molecular weight excluding hydrogens is 515 g/mol. The van der Waals surface area contributed by atoms with E-state index in [0.29, 0.717) is 20.8 Å². The molecule has 0 saturated heterocycles. The zero-order valence-electron chi connectivity index (χ0n) is 18.1. The van der Waals surface area contributed by atoms with E-state index in [-0.39, 0.29) is 28.5 Å². The SMILES string of the molecule is COc1ccc(Cl)cc1NS(=O)(=O)c1ccc2c(c1)[C@H]1C=CC[C@H]1[C@@H](c1c(Cl)cccc1Cl)N2. The van der Waals surface area contributed by atoms with E-state index in [1.807, 2.05) is 18.2 Å². The van der Waals surface area contributed by atoms with E-state index in [1.54, 1.807) is 30.3 Å². The summed E-state index contributed by atoms with van der Waals surface area (Å²) in [6.45, 7) is 0. The number of fused-ring (bicyclic) bond motifs is 3. The van der Waals surface area contributed by atoms with E-state index in [9.17, 15) is 8.42 Å². The summed E-state index contributed by atoms with van der Waals surface area (Å²) in [7, 11) is -2.41. The molecule has 3 aromatic carbocycles. The van der Waals surface area contributed by atoms with Crippen molar-refractivity contribution in [3.63, 3.8) is 0 Å². The molecule has 3 atom stereocenters. The summed E-state index contributed by atoms with van der Waals surface area (Å²) < 4.78 is 34.4. The summed E-state index contributed by atoms with van der Waals surface area (Å²) >= 11 is 19.1. The predicted molar refractivity (Wildman–Crippen MR) is 138 cm³/mol. The van der Waals surface area contributed by atoms with Gasteiger partial charge >= 0.3 is 0 Å². The first-order chi connectivity index (χ1) is 16.3. The van der Waals surface area contributed by atoms with E-state index in [4.69, 9.17) is 39.5 Å². The van der Waals surface area contributed by atoms with Gasteiger partial charge in [0.1, 0.15) is 5.75 Å². The van der Waals surface area contributed by atoms with Gasteiger partial charge in [0.05, 0.1) is 23.7 Å². The topological polar surface area (TPSA) is 67.4 Å². The van der Waals surface area contributed by atoms with Crippen molar-refractivity contribution in [1.82, 2.24) is 0 Å². The average Bonchev–Trinajstić information content (AvgIpc) is 3.29. The molecule has 0 saturated carbocycles. The molecular formula is C25H21Cl3N2O3S. The van der Waals surface area contributed by atoms with E-state index in [1.165, 1.54) is 13.2 Å². The van der Waals surface area contributed by atoms with Gasteiger partial charge in [-0.25, -0.2) is 8.42 Å². The number of nitrogens with one attached hydrogen (secondary N) is 2. The van der Waals surface area contributed by atoms with Crippen molar-refractivity contribution in [3.8, 4) is 5.75 Å². The van der Waals surface area contributed by atoms with Crippen LogP contribution in [0.4, 0.5) is 11.4 Å². The maximum absolute atomic E-state index is 13.3. The lowest BCUT2D eigenvalue weighted by Crippen LogP contribution is -2.29. The van der Waals surface area contributed by atoms with Crippen LogP contribution in [0.25, 0.3) is 0 Å². The Bertz CT molecular complexity index is 1390. The second-order valence-electron chi connectivity index (χ2n) is 8.31. The molecule has 3 aromatic rings. The molecule has 5 nitrogen and oxygen atoms in total. The van der Waals surface area contributed by atoms with Gasteiger partial charge in [-0.1, -0.05) is 53.0 Å². The standard InChI is InChI=1S/C25H21Cl3N2O3S/c1-33-23-11-8-14(26)12-22(23)30-34(31,32)15-9-10-21-18(13-15)16-4-2-5-17(16)25(29-21)24-19(27)6-3-7-20(24)28/h2-4,6-13,16-17,25,29-30H,5H2,1H3/t16-,17+,25-/m0/s1. The van der Waals surface area contributed by atoms with Crippen LogP contribution in [0.3, 0.4) is 0 Å². The highest BCUT2D eigenvalue weighted by Gasteiger charge is 2.40. The summed E-state index contributed by atoms with van der Waals surface area (Å²) in [6, 6.07) is 15.3. The van der Waals surface area contributed by atoms with Crippen molar-refractivity contribution in [3.05, 3.63) is 92.9 Å². The lowest BCUT2D eigenvalue weighted by Gasteiger charge is -2.38. The molecule has 2 aliphatic rings. The lowest BCUT2D eigenvalue weighted by molar-refractivity contribution is 0.417. The molecule has 0 bridgehead atoms. The number of sulfonamides is 1. The largest absolute Gasteiger partial charge is 0.495 e. The normalized spacial score (nSPS) is 20.9. The van der Waals surface area contributed by atoms with Crippen LogP contribution in [0.1, 0.15) is 29.5 Å². The average molecular weight is 536 g/mol. The number of anilines is 2. The minimum atomic E-state index is -3.89. The monoisotopic (exact) mass is 534 g/mol. The third-order valence-corrected chi connectivity index (χ3v) is 8.62. The highest BCUT2D eigenvalue weighted by atomic mass is 35.5. The Kier molecular flexibility index (Phi) is 6.19. The summed E-state index contributed by atoms with van der Waals surface area (Å²) in [5, 5.41) is 5.18. The second-order valence-corrected chi connectivity index (χ2v) is 11.2. The molecule has 0 radical (unpaired) electrons. The summed E-state index contributed by atoms with van der Waals surface area (Å²) in [5.41, 5.74) is 2.91. The van der Waals surface area contributed by atoms with Crippen LogP contribution in [0, 0.1) is 5.92 Å². The fourth-order valence-corrected chi connectivity index (χ4v) is 6.70. The molecule has 176 valence electrons. The summed E-state index contributed by atoms with van der Waals surface area (Å²) in [5.74, 6) is 0.569. The third-order valence-electron chi connectivity index (χ3n) is 6.36. The smallest absolute Gasteiger partial charge is 0.262 e. The molecule has 2 N–H and O–H groups in total. The van der Waals surface area contributed by atoms with Crippen LogP contribution in [0.5, 0.6) is 5.75 Å². The number of allylic oxidation sites excluding steroid dienone is 2. The Morgan fingerprint density at radius 1 is 1.03 bits per heavy atom. The van der Waals surface area contributed by atoms with Gasteiger partial charge < -0.3 is 10.1 Å². The molecule has 1 aliphatic heterocycles. The predicted octanol–water partition coefficient (Wildman–Crippen LogP) is 7.28. The van der Waals surface area contributed by atoms with Gasteiger partial charge in [0, 0.05) is 32.2 Å². The number of methoxy groups -OCH3 is 1. The summed E-state index contributed by atoms with van der Waals surface area (Å²) in [4.78, 5) is 0.156. The number of halogens is 3. The van der Waals surface area contributed by atoms with Crippen molar-refractivity contribution >= 4 is 56.2 Å². The fraction of sp³-hybridized carbons (Fsp3) is 0.200. The van der Waals surface area contributed by atoms with Gasteiger partial charge in [0.15, 0.2) is 0 Å². The van der Waals surface area contributed by atoms with E-state index in [2.05, 4.69) is 22.2 Å². The zero-order valence-corrected chi connectivity index (χ0v) is 21.1. The number of hydrogen-bond acceptors (Lipinski definition) is 4. The van der Waals surface area contributed by atoms with Crippen molar-refractivity contribution in [1.29, 1.82) is 0 Å². The quantitative estimate of drug-likeness (QED) is 0.337. The third kappa shape index (κ3) is 4.13. The molecule has 0 unspecified atom stereocenters. The van der Waals surface area contributed by atoms with Crippen molar-refractivity contribution in [2.75, 3.05) is 17.1 Å². The van der Waals surface area contributed by atoms with Crippen LogP contribution >= 0.6 is 34.8 Å². The van der Waals surface area contributed by atoms with Crippen LogP contribution in [0.2, 0.25) is 15.1 Å². The Hall–Kier alpha value is -2.38. The Morgan fingerprint density at radius 2 is 1.79 bits per heavy atom. The molecule has 1 heterocycles. The van der Waals surface area contributed by atoms with Gasteiger partial charge in [-0.2, -0.15) is 0 Å². The van der Waals surface area contributed by atoms with Crippen LogP contribution in [-0.2, 0) is 10.0 Å². The van der Waals surface area contributed by atoms with Gasteiger partial charge in [-0.05, 0) is 66.4 Å². The Labute approximate surface area is 213 Å². The molecule has 0 aromatic heterocycles. The van der Waals surface area contributed by atoms with E-state index in [0.717, 1.165) is 23.2 Å². The fourth-order valence-electron chi connectivity index (χ4n) is 4.80. The van der Waals surface area contributed by atoms with Gasteiger partial charge in [-0.3, -0.25) is 4.72 Å². The number of hydrogen-bond donors (Lipinski definition) is 2. The molecule has 9 heteroatoms. The first kappa shape index (κ1) is 23.4. The van der Waals surface area contributed by atoms with E-state index < -0.39 is 10.0 Å². The molecule has 0 spiro atoms. The highest BCUT2D eigenvalue weighted by Crippen LogP contribution is 2.52. The first-order valence-electron chi connectivity index (χ1n) is 10.7. The van der Waals surface area contributed by atoms with Crippen LogP contribution < -0.4 is 14.8 Å². The maximum Gasteiger partial charge on any atom is 0.262 e. The van der Waals surface area contributed by atoms with Crippen LogP contribution in [-0.4, -0.2) is 15.5 Å². The zero-order chi connectivity index (χ0) is 24.0. The Balaban J connectivity index is 1.52. The minimum absolute atomic E-state index is 0.0319.